The summed E-state index contributed by atoms with van der Waals surface area (Å²) in [6.07, 6.45) is 3.69. The molecular weight excluding hydrogens is 324 g/mol. The van der Waals surface area contributed by atoms with E-state index in [4.69, 9.17) is 4.74 Å². The molecule has 0 unspecified atom stereocenters. The number of aromatic nitrogens is 1. The molecule has 1 aliphatic heterocycles. The highest BCUT2D eigenvalue weighted by molar-refractivity contribution is 5.37. The van der Waals surface area contributed by atoms with Crippen LogP contribution in [0, 0.1) is 25.7 Å². The molecule has 4 nitrogen and oxygen atoms in total. The van der Waals surface area contributed by atoms with Crippen LogP contribution >= 0.6 is 0 Å². The summed E-state index contributed by atoms with van der Waals surface area (Å²) in [5.41, 5.74) is 3.66. The van der Waals surface area contributed by atoms with Crippen LogP contribution in [-0.4, -0.2) is 35.2 Å². The fourth-order valence-corrected chi connectivity index (χ4v) is 5.02. The van der Waals surface area contributed by atoms with Gasteiger partial charge < -0.3 is 9.84 Å². The molecule has 0 radical (unpaired) electrons. The third kappa shape index (κ3) is 2.91. The van der Waals surface area contributed by atoms with E-state index in [1.165, 1.54) is 11.1 Å². The number of ether oxygens (including phenoxy) is 1. The molecule has 0 amide bonds. The quantitative estimate of drug-likeness (QED) is 0.916. The van der Waals surface area contributed by atoms with Gasteiger partial charge in [0.1, 0.15) is 11.4 Å². The number of likely N-dealkylation sites (tertiary alicyclic amines) is 1. The lowest BCUT2D eigenvalue weighted by molar-refractivity contribution is -0.0114. The first-order valence-electron chi connectivity index (χ1n) is 9.51. The smallest absolute Gasteiger partial charge is 0.123 e. The van der Waals surface area contributed by atoms with E-state index in [-0.39, 0.29) is 5.92 Å². The maximum Gasteiger partial charge on any atom is 0.123 e. The first-order valence-corrected chi connectivity index (χ1v) is 9.51. The largest absolute Gasteiger partial charge is 0.496 e. The summed E-state index contributed by atoms with van der Waals surface area (Å²) in [5, 5.41) is 11.5. The number of methoxy groups -OCH3 is 1. The molecule has 1 aliphatic carbocycles. The van der Waals surface area contributed by atoms with Crippen LogP contribution in [0.3, 0.4) is 0 Å². The number of aryl methyl sites for hydroxylation is 2. The number of hydrogen-bond donors (Lipinski definition) is 1. The fraction of sp³-hybridized carbons (Fsp3) is 0.500. The molecule has 4 heteroatoms. The number of fused-ring (bicyclic) bond motifs is 1. The van der Waals surface area contributed by atoms with E-state index in [1.54, 1.807) is 13.3 Å². The van der Waals surface area contributed by atoms with Crippen LogP contribution in [0.25, 0.3) is 0 Å². The monoisotopic (exact) mass is 352 g/mol. The Morgan fingerprint density at radius 3 is 2.88 bits per heavy atom. The molecule has 4 rings (SSSR count). The summed E-state index contributed by atoms with van der Waals surface area (Å²) in [5.74, 6) is 1.74. The molecular formula is C22H28N2O2. The SMILES string of the molecule is COc1ccc(C)cc1CN1C[C@@H]2CC[C@@](O)(c3ncccc3C)[C@H]2C1. The Labute approximate surface area is 155 Å². The van der Waals surface area contributed by atoms with Crippen LogP contribution in [0.4, 0.5) is 0 Å². The van der Waals surface area contributed by atoms with Crippen molar-refractivity contribution in [2.45, 2.75) is 38.8 Å². The summed E-state index contributed by atoms with van der Waals surface area (Å²) in [7, 11) is 1.73. The van der Waals surface area contributed by atoms with Gasteiger partial charge in [0, 0.05) is 37.3 Å². The van der Waals surface area contributed by atoms with Gasteiger partial charge in [0.25, 0.3) is 0 Å². The average Bonchev–Trinajstić information content (AvgIpc) is 3.16. The first-order chi connectivity index (χ1) is 12.5. The second kappa shape index (κ2) is 6.67. The average molecular weight is 352 g/mol. The molecule has 26 heavy (non-hydrogen) atoms. The number of benzene rings is 1. The van der Waals surface area contributed by atoms with Gasteiger partial charge in [-0.3, -0.25) is 9.88 Å². The predicted octanol–water partition coefficient (Wildman–Crippen LogP) is 3.44. The van der Waals surface area contributed by atoms with Gasteiger partial charge in [-0.25, -0.2) is 0 Å². The molecule has 1 aromatic heterocycles. The van der Waals surface area contributed by atoms with Crippen LogP contribution in [0.5, 0.6) is 5.75 Å². The van der Waals surface area contributed by atoms with Crippen molar-refractivity contribution in [3.63, 3.8) is 0 Å². The Balaban J connectivity index is 1.55. The van der Waals surface area contributed by atoms with Crippen LogP contribution < -0.4 is 4.74 Å². The van der Waals surface area contributed by atoms with Crippen molar-refractivity contribution in [1.29, 1.82) is 0 Å². The van der Waals surface area contributed by atoms with Gasteiger partial charge in [0.05, 0.1) is 12.8 Å². The summed E-state index contributed by atoms with van der Waals surface area (Å²) in [6.45, 7) is 6.99. The summed E-state index contributed by atoms with van der Waals surface area (Å²) >= 11 is 0. The van der Waals surface area contributed by atoms with Crippen molar-refractivity contribution >= 4 is 0 Å². The number of hydrogen-bond acceptors (Lipinski definition) is 4. The van der Waals surface area contributed by atoms with Crippen molar-refractivity contribution in [2.24, 2.45) is 11.8 Å². The Hall–Kier alpha value is -1.91. The Morgan fingerprint density at radius 2 is 2.12 bits per heavy atom. The minimum atomic E-state index is -0.790. The molecule has 2 fully saturated rings. The van der Waals surface area contributed by atoms with E-state index in [0.29, 0.717) is 5.92 Å². The zero-order valence-electron chi connectivity index (χ0n) is 15.9. The fourth-order valence-electron chi connectivity index (χ4n) is 5.02. The Morgan fingerprint density at radius 1 is 1.27 bits per heavy atom. The van der Waals surface area contributed by atoms with Crippen LogP contribution in [-0.2, 0) is 12.1 Å². The lowest BCUT2D eigenvalue weighted by atomic mass is 9.83. The highest BCUT2D eigenvalue weighted by atomic mass is 16.5. The second-order valence-corrected chi connectivity index (χ2v) is 8.01. The zero-order valence-corrected chi connectivity index (χ0v) is 15.9. The maximum absolute atomic E-state index is 11.5. The topological polar surface area (TPSA) is 45.6 Å². The van der Waals surface area contributed by atoms with E-state index in [1.807, 2.05) is 6.07 Å². The van der Waals surface area contributed by atoms with Gasteiger partial charge in [-0.15, -0.1) is 0 Å². The Bertz CT molecular complexity index is 806. The van der Waals surface area contributed by atoms with Crippen LogP contribution in [0.1, 0.15) is 35.2 Å². The number of pyridine rings is 1. The molecule has 138 valence electrons. The van der Waals surface area contributed by atoms with E-state index in [0.717, 1.165) is 49.5 Å². The molecule has 2 aliphatic rings. The van der Waals surface area contributed by atoms with E-state index < -0.39 is 5.60 Å². The minimum Gasteiger partial charge on any atom is -0.496 e. The van der Waals surface area contributed by atoms with Gasteiger partial charge in [-0.1, -0.05) is 23.8 Å². The molecule has 1 N–H and O–H groups in total. The molecule has 1 saturated carbocycles. The molecule has 0 spiro atoms. The standard InChI is InChI=1S/C22H28N2O2/c1-15-6-7-20(26-3)18(11-15)13-24-12-17-8-9-22(25,19(17)14-24)21-16(2)5-4-10-23-21/h4-7,10-11,17,19,25H,8-9,12-14H2,1-3H3/t17-,19-,22-/m0/s1. The summed E-state index contributed by atoms with van der Waals surface area (Å²) < 4.78 is 5.54. The van der Waals surface area contributed by atoms with Crippen molar-refractivity contribution in [3.05, 3.63) is 58.9 Å². The van der Waals surface area contributed by atoms with E-state index in [2.05, 4.69) is 48.0 Å². The third-order valence-corrected chi connectivity index (χ3v) is 6.28. The van der Waals surface area contributed by atoms with Gasteiger partial charge in [-0.2, -0.15) is 0 Å². The summed E-state index contributed by atoms with van der Waals surface area (Å²) in [4.78, 5) is 7.02. The first kappa shape index (κ1) is 17.5. The highest BCUT2D eigenvalue weighted by Gasteiger charge is 2.53. The lowest BCUT2D eigenvalue weighted by Crippen LogP contribution is -2.36. The van der Waals surface area contributed by atoms with Gasteiger partial charge in [-0.05, 0) is 50.3 Å². The number of aliphatic hydroxyl groups is 1. The highest BCUT2D eigenvalue weighted by Crippen LogP contribution is 2.50. The molecule has 1 saturated heterocycles. The predicted molar refractivity (Wildman–Crippen MR) is 102 cm³/mol. The van der Waals surface area contributed by atoms with Crippen molar-refractivity contribution < 1.29 is 9.84 Å². The lowest BCUT2D eigenvalue weighted by Gasteiger charge is -2.31. The van der Waals surface area contributed by atoms with Gasteiger partial charge in [0.2, 0.25) is 0 Å². The van der Waals surface area contributed by atoms with Crippen molar-refractivity contribution in [1.82, 2.24) is 9.88 Å². The minimum absolute atomic E-state index is 0.256. The maximum atomic E-state index is 11.5. The van der Waals surface area contributed by atoms with Crippen LogP contribution in [0.15, 0.2) is 36.5 Å². The zero-order chi connectivity index (χ0) is 18.3. The molecule has 0 bridgehead atoms. The Kier molecular flexibility index (Phi) is 4.49. The van der Waals surface area contributed by atoms with Crippen molar-refractivity contribution in [2.75, 3.05) is 20.2 Å². The third-order valence-electron chi connectivity index (χ3n) is 6.28. The molecule has 3 atom stereocenters. The van der Waals surface area contributed by atoms with Crippen molar-refractivity contribution in [3.8, 4) is 5.75 Å². The van der Waals surface area contributed by atoms with E-state index in [9.17, 15) is 5.11 Å². The molecule has 2 heterocycles. The van der Waals surface area contributed by atoms with Gasteiger partial charge >= 0.3 is 0 Å². The second-order valence-electron chi connectivity index (χ2n) is 8.01. The molecule has 2 aromatic rings. The normalized spacial score (nSPS) is 28.3. The number of rotatable bonds is 4. The molecule has 1 aromatic carbocycles. The number of nitrogens with zero attached hydrogens (tertiary/aromatic N) is 2. The van der Waals surface area contributed by atoms with Crippen LogP contribution in [0.2, 0.25) is 0 Å². The van der Waals surface area contributed by atoms with Gasteiger partial charge in [0.15, 0.2) is 0 Å². The summed E-state index contributed by atoms with van der Waals surface area (Å²) in [6, 6.07) is 10.3. The van der Waals surface area contributed by atoms with E-state index >= 15 is 0 Å².